The maximum absolute atomic E-state index is 13.8. The van der Waals surface area contributed by atoms with Crippen LogP contribution in [0.1, 0.15) is 77.3 Å². The second-order valence-electron chi connectivity index (χ2n) is 13.3. The van der Waals surface area contributed by atoms with E-state index in [0.29, 0.717) is 41.8 Å². The Balaban J connectivity index is 1.52. The summed E-state index contributed by atoms with van der Waals surface area (Å²) in [5.74, 6) is -0.623. The van der Waals surface area contributed by atoms with E-state index in [0.717, 1.165) is 29.8 Å². The lowest BCUT2D eigenvalue weighted by molar-refractivity contribution is -0.120. The zero-order valence-corrected chi connectivity index (χ0v) is 26.6. The zero-order chi connectivity index (χ0) is 30.6. The maximum atomic E-state index is 13.8. The number of carbonyl (C=O) groups excluding carboxylic acids is 3. The summed E-state index contributed by atoms with van der Waals surface area (Å²) in [6.07, 6.45) is 2.28. The molecular formula is C34H38Cl2N2O4. The highest BCUT2D eigenvalue weighted by Gasteiger charge is 2.48. The van der Waals surface area contributed by atoms with Crippen molar-refractivity contribution in [2.24, 2.45) is 10.8 Å². The smallest absolute Gasteiger partial charge is 0.262 e. The minimum absolute atomic E-state index is 0.0502. The molecule has 8 heteroatoms. The molecule has 0 atom stereocenters. The number of ether oxygens (including phenoxy) is 1. The molecule has 222 valence electrons. The third kappa shape index (κ3) is 5.89. The van der Waals surface area contributed by atoms with Crippen LogP contribution in [0.25, 0.3) is 0 Å². The van der Waals surface area contributed by atoms with Gasteiger partial charge in [0.25, 0.3) is 5.91 Å². The number of nitrogens with zero attached hydrogens (tertiary/aromatic N) is 1. The Morgan fingerprint density at radius 1 is 0.905 bits per heavy atom. The highest BCUT2D eigenvalue weighted by Crippen LogP contribution is 2.55. The van der Waals surface area contributed by atoms with Gasteiger partial charge in [-0.25, -0.2) is 0 Å². The topological polar surface area (TPSA) is 75.7 Å². The number of Topliss-reactive ketones (excluding diaryl/α,β-unsaturated/α-hetero) is 2. The Hall–Kier alpha value is -3.09. The van der Waals surface area contributed by atoms with Gasteiger partial charge in [0.1, 0.15) is 0 Å². The molecule has 42 heavy (non-hydrogen) atoms. The van der Waals surface area contributed by atoms with E-state index < -0.39 is 5.92 Å². The van der Waals surface area contributed by atoms with Crippen LogP contribution in [-0.2, 0) is 14.4 Å². The number of aryl methyl sites for hydroxylation is 1. The minimum atomic E-state index is -0.557. The molecule has 2 aliphatic carbocycles. The number of benzene rings is 2. The van der Waals surface area contributed by atoms with Crippen molar-refractivity contribution in [2.45, 2.75) is 73.1 Å². The van der Waals surface area contributed by atoms with E-state index >= 15 is 0 Å². The van der Waals surface area contributed by atoms with Gasteiger partial charge >= 0.3 is 0 Å². The van der Waals surface area contributed by atoms with Crippen LogP contribution in [0.4, 0.5) is 5.69 Å². The number of rotatable bonds is 6. The van der Waals surface area contributed by atoms with Gasteiger partial charge in [0, 0.05) is 53.5 Å². The van der Waals surface area contributed by atoms with Gasteiger partial charge in [-0.05, 0) is 67.3 Å². The summed E-state index contributed by atoms with van der Waals surface area (Å²) in [4.78, 5) is 42.4. The van der Waals surface area contributed by atoms with Crippen LogP contribution in [-0.4, -0.2) is 35.5 Å². The average Bonchev–Trinajstić information content (AvgIpc) is 2.87. The van der Waals surface area contributed by atoms with Crippen molar-refractivity contribution in [3.8, 4) is 5.75 Å². The lowest BCUT2D eigenvalue weighted by Gasteiger charge is -2.49. The summed E-state index contributed by atoms with van der Waals surface area (Å²) in [6.45, 7) is 12.9. The van der Waals surface area contributed by atoms with Crippen molar-refractivity contribution in [3.63, 3.8) is 0 Å². The van der Waals surface area contributed by atoms with Crippen molar-refractivity contribution in [2.75, 3.05) is 18.5 Å². The number of hydrogen-bond donors (Lipinski definition) is 1. The lowest BCUT2D eigenvalue weighted by atomic mass is 9.63. The Bertz CT molecular complexity index is 1460. The van der Waals surface area contributed by atoms with E-state index in [2.05, 4.69) is 44.8 Å². The molecule has 0 unspecified atom stereocenters. The average molecular weight is 610 g/mol. The predicted octanol–water partition coefficient (Wildman–Crippen LogP) is 8.02. The first-order valence-electron chi connectivity index (χ1n) is 14.5. The molecule has 0 fully saturated rings. The Labute approximate surface area is 258 Å². The van der Waals surface area contributed by atoms with Crippen LogP contribution in [0, 0.1) is 17.8 Å². The zero-order valence-electron chi connectivity index (χ0n) is 25.1. The van der Waals surface area contributed by atoms with E-state index in [4.69, 9.17) is 27.9 Å². The van der Waals surface area contributed by atoms with Crippen molar-refractivity contribution >= 4 is 46.4 Å². The highest BCUT2D eigenvalue weighted by molar-refractivity contribution is 6.37. The van der Waals surface area contributed by atoms with Crippen molar-refractivity contribution in [1.29, 1.82) is 0 Å². The molecular weight excluding hydrogens is 571 g/mol. The second-order valence-corrected chi connectivity index (χ2v) is 14.1. The van der Waals surface area contributed by atoms with E-state index in [9.17, 15) is 14.4 Å². The number of anilines is 1. The molecule has 0 spiro atoms. The molecule has 0 saturated carbocycles. The van der Waals surface area contributed by atoms with Crippen LogP contribution < -0.4 is 10.1 Å². The van der Waals surface area contributed by atoms with Crippen molar-refractivity contribution < 1.29 is 19.1 Å². The molecule has 1 aliphatic heterocycles. The lowest BCUT2D eigenvalue weighted by Crippen LogP contribution is -2.44. The van der Waals surface area contributed by atoms with Gasteiger partial charge in [-0.1, -0.05) is 68.6 Å². The molecule has 1 heterocycles. The minimum Gasteiger partial charge on any atom is -0.481 e. The van der Waals surface area contributed by atoms with Gasteiger partial charge in [-0.15, -0.1) is 0 Å². The van der Waals surface area contributed by atoms with Crippen LogP contribution in [0.5, 0.6) is 5.75 Å². The molecule has 0 aromatic heterocycles. The number of allylic oxidation sites excluding steroid dienone is 4. The highest BCUT2D eigenvalue weighted by atomic mass is 35.5. The van der Waals surface area contributed by atoms with Crippen LogP contribution in [0.3, 0.4) is 0 Å². The number of nitrogens with one attached hydrogen (secondary N) is 1. The fourth-order valence-corrected chi connectivity index (χ4v) is 7.23. The quantitative estimate of drug-likeness (QED) is 0.359. The number of carbonyl (C=O) groups is 3. The summed E-state index contributed by atoms with van der Waals surface area (Å²) in [5.41, 5.74) is 5.38. The molecule has 3 aliphatic rings. The Morgan fingerprint density at radius 3 is 1.88 bits per heavy atom. The third-order valence-corrected chi connectivity index (χ3v) is 8.94. The largest absolute Gasteiger partial charge is 0.481 e. The second kappa shape index (κ2) is 11.2. The number of halogens is 2. The molecule has 0 bridgehead atoms. The van der Waals surface area contributed by atoms with Crippen molar-refractivity contribution in [3.05, 3.63) is 80.1 Å². The SMILES string of the molecule is CCN1C2=C(C(=O)CC(C)(C)C2)C(c2cc(Cl)c(OCC(=O)Nc3ccc(C)cc3)c(Cl)c2)C2=C1CC(C)(C)CC2=O. The first kappa shape index (κ1) is 30.4. The first-order chi connectivity index (χ1) is 19.7. The summed E-state index contributed by atoms with van der Waals surface area (Å²) in [5, 5.41) is 3.23. The van der Waals surface area contributed by atoms with E-state index in [1.165, 1.54) is 0 Å². The van der Waals surface area contributed by atoms with Gasteiger partial charge < -0.3 is 15.0 Å². The maximum Gasteiger partial charge on any atom is 0.262 e. The molecule has 1 amide bonds. The van der Waals surface area contributed by atoms with Gasteiger partial charge in [-0.3, -0.25) is 14.4 Å². The van der Waals surface area contributed by atoms with E-state index in [1.54, 1.807) is 12.1 Å². The van der Waals surface area contributed by atoms with Gasteiger partial charge in [-0.2, -0.15) is 0 Å². The normalized spacial score (nSPS) is 20.0. The fourth-order valence-electron chi connectivity index (χ4n) is 6.62. The summed E-state index contributed by atoms with van der Waals surface area (Å²) in [6, 6.07) is 10.9. The predicted molar refractivity (Wildman–Crippen MR) is 167 cm³/mol. The fraction of sp³-hybridized carbons (Fsp3) is 0.441. The van der Waals surface area contributed by atoms with Crippen LogP contribution >= 0.6 is 23.2 Å². The van der Waals surface area contributed by atoms with Gasteiger partial charge in [0.15, 0.2) is 23.9 Å². The van der Waals surface area contributed by atoms with Crippen LogP contribution in [0.2, 0.25) is 10.0 Å². The molecule has 6 nitrogen and oxygen atoms in total. The molecule has 0 radical (unpaired) electrons. The van der Waals surface area contributed by atoms with Gasteiger partial charge in [0.2, 0.25) is 0 Å². The summed E-state index contributed by atoms with van der Waals surface area (Å²) >= 11 is 13.5. The molecule has 0 saturated heterocycles. The van der Waals surface area contributed by atoms with Crippen molar-refractivity contribution in [1.82, 2.24) is 4.90 Å². The molecule has 1 N–H and O–H groups in total. The number of hydrogen-bond acceptors (Lipinski definition) is 5. The standard InChI is InChI=1S/C34H38Cl2N2O4/c1-7-38-24-14-33(3,4)16-26(39)30(24)29(31-25(38)15-34(5,6)17-27(31)40)20-12-22(35)32(23(36)13-20)42-18-28(41)37-21-10-8-19(2)9-11-21/h8-13,29H,7,14-18H2,1-6H3,(H,37,41). The molecule has 2 aromatic carbocycles. The monoisotopic (exact) mass is 608 g/mol. The van der Waals surface area contributed by atoms with Gasteiger partial charge in [0.05, 0.1) is 10.0 Å². The third-order valence-electron chi connectivity index (χ3n) is 8.37. The summed E-state index contributed by atoms with van der Waals surface area (Å²) in [7, 11) is 0. The molecule has 2 aromatic rings. The summed E-state index contributed by atoms with van der Waals surface area (Å²) < 4.78 is 5.77. The Morgan fingerprint density at radius 2 is 1.40 bits per heavy atom. The van der Waals surface area contributed by atoms with Crippen LogP contribution in [0.15, 0.2) is 58.9 Å². The van der Waals surface area contributed by atoms with E-state index in [-0.39, 0.29) is 50.7 Å². The number of ketones is 2. The van der Waals surface area contributed by atoms with E-state index in [1.807, 2.05) is 31.2 Å². The first-order valence-corrected chi connectivity index (χ1v) is 15.2. The number of amides is 1. The molecule has 5 rings (SSSR count). The Kier molecular flexibility index (Phi) is 8.10.